The molecule has 0 amide bonds. The molecule has 8 heteroatoms. The fourth-order valence-corrected chi connectivity index (χ4v) is 4.26. The smallest absolute Gasteiger partial charge is 0.308 e. The van der Waals surface area contributed by atoms with E-state index >= 15 is 0 Å². The average molecular weight is 477 g/mol. The average Bonchev–Trinajstić information content (AvgIpc) is 2.78. The highest BCUT2D eigenvalue weighted by atomic mass is 16.7. The Bertz CT molecular complexity index is 513. The van der Waals surface area contributed by atoms with Crippen molar-refractivity contribution in [1.82, 2.24) is 0 Å². The quantitative estimate of drug-likeness (QED) is 0.190. The highest BCUT2D eigenvalue weighted by Crippen LogP contribution is 2.26. The van der Waals surface area contributed by atoms with Crippen LogP contribution in [-0.2, 0) is 14.3 Å². The number of aliphatic hydroxyl groups is 4. The van der Waals surface area contributed by atoms with Gasteiger partial charge in [-0.15, -0.1) is 0 Å². The highest BCUT2D eigenvalue weighted by Gasteiger charge is 2.45. The number of carboxylic acids is 1. The summed E-state index contributed by atoms with van der Waals surface area (Å²) in [6.45, 7) is 5.53. The van der Waals surface area contributed by atoms with Crippen molar-refractivity contribution < 1.29 is 39.8 Å². The molecule has 1 heterocycles. The number of hydrogen-bond acceptors (Lipinski definition) is 7. The molecule has 0 unspecified atom stereocenters. The van der Waals surface area contributed by atoms with Gasteiger partial charge >= 0.3 is 5.97 Å². The van der Waals surface area contributed by atoms with E-state index in [4.69, 9.17) is 9.47 Å². The maximum Gasteiger partial charge on any atom is 0.308 e. The number of carbonyl (C=O) groups is 1. The molecule has 1 fully saturated rings. The second-order valence-corrected chi connectivity index (χ2v) is 10.0. The first-order valence-electron chi connectivity index (χ1n) is 12.9. The largest absolute Gasteiger partial charge is 0.481 e. The number of aliphatic hydroxyl groups excluding tert-OH is 4. The molecule has 7 atom stereocenters. The van der Waals surface area contributed by atoms with Gasteiger partial charge in [-0.25, -0.2) is 0 Å². The normalized spacial score (nSPS) is 27.6. The number of ether oxygens (including phenoxy) is 2. The predicted molar refractivity (Wildman–Crippen MR) is 126 cm³/mol. The zero-order chi connectivity index (χ0) is 24.8. The third-order valence-electron chi connectivity index (χ3n) is 6.62. The van der Waals surface area contributed by atoms with Crippen molar-refractivity contribution in [3.05, 3.63) is 0 Å². The van der Waals surface area contributed by atoms with E-state index < -0.39 is 55.3 Å². The molecule has 1 aliphatic heterocycles. The number of hydrogen-bond donors (Lipinski definition) is 5. The van der Waals surface area contributed by atoms with E-state index in [9.17, 15) is 30.3 Å². The number of rotatable bonds is 18. The van der Waals surface area contributed by atoms with Gasteiger partial charge in [-0.3, -0.25) is 4.79 Å². The Morgan fingerprint density at radius 2 is 1.27 bits per heavy atom. The predicted octanol–water partition coefficient (Wildman–Crippen LogP) is 3.23. The van der Waals surface area contributed by atoms with Crippen LogP contribution in [-0.4, -0.2) is 74.9 Å². The molecule has 8 nitrogen and oxygen atoms in total. The zero-order valence-electron chi connectivity index (χ0n) is 20.8. The van der Waals surface area contributed by atoms with Gasteiger partial charge in [-0.2, -0.15) is 0 Å². The molecule has 196 valence electrons. The highest BCUT2D eigenvalue weighted by molar-refractivity contribution is 5.70. The van der Waals surface area contributed by atoms with Gasteiger partial charge in [-0.1, -0.05) is 84.5 Å². The van der Waals surface area contributed by atoms with Gasteiger partial charge in [0.15, 0.2) is 6.29 Å². The minimum atomic E-state index is -1.54. The van der Waals surface area contributed by atoms with Crippen LogP contribution in [0.5, 0.6) is 0 Å². The van der Waals surface area contributed by atoms with Crippen LogP contribution in [0.1, 0.15) is 97.8 Å². The van der Waals surface area contributed by atoms with Gasteiger partial charge in [0.2, 0.25) is 0 Å². The summed E-state index contributed by atoms with van der Waals surface area (Å²) >= 11 is 0. The monoisotopic (exact) mass is 476 g/mol. The van der Waals surface area contributed by atoms with Gasteiger partial charge in [0.05, 0.1) is 18.6 Å². The molecule has 1 rings (SSSR count). The van der Waals surface area contributed by atoms with Gasteiger partial charge < -0.3 is 35.0 Å². The van der Waals surface area contributed by atoms with Crippen LogP contribution in [0.15, 0.2) is 0 Å². The molecular formula is C25H48O8. The molecule has 0 aromatic rings. The molecule has 0 saturated carbocycles. The van der Waals surface area contributed by atoms with E-state index in [0.717, 1.165) is 25.2 Å². The molecule has 1 aliphatic rings. The molecule has 0 aromatic carbocycles. The summed E-state index contributed by atoms with van der Waals surface area (Å²) in [5.74, 6) is -1.04. The lowest BCUT2D eigenvalue weighted by molar-refractivity contribution is -0.314. The van der Waals surface area contributed by atoms with Crippen molar-refractivity contribution in [2.24, 2.45) is 11.8 Å². The second-order valence-electron chi connectivity index (χ2n) is 10.0. The van der Waals surface area contributed by atoms with E-state index in [1.165, 1.54) is 58.3 Å². The molecule has 0 bridgehead atoms. The lowest BCUT2D eigenvalue weighted by Crippen LogP contribution is -2.60. The minimum absolute atomic E-state index is 0.484. The molecule has 0 aliphatic carbocycles. The molecule has 0 radical (unpaired) electrons. The second kappa shape index (κ2) is 16.8. The SMILES string of the molecule is CC(C)CCCCCCCCCCCC[C@@H](O[C@@H]1O[C@H](CO)[C@@H](O)[C@H](O)[C@H]1O)[C@@H](C)C(=O)O. The summed E-state index contributed by atoms with van der Waals surface area (Å²) in [6.07, 6.45) is 5.92. The van der Waals surface area contributed by atoms with Gasteiger partial charge in [0.25, 0.3) is 0 Å². The van der Waals surface area contributed by atoms with E-state index in [2.05, 4.69) is 13.8 Å². The van der Waals surface area contributed by atoms with E-state index in [-0.39, 0.29) is 0 Å². The fraction of sp³-hybridized carbons (Fsp3) is 0.960. The number of carboxylic acid groups (broad SMARTS) is 1. The summed E-state index contributed by atoms with van der Waals surface area (Å²) in [5.41, 5.74) is 0. The Morgan fingerprint density at radius 1 is 0.788 bits per heavy atom. The van der Waals surface area contributed by atoms with Crippen molar-refractivity contribution >= 4 is 5.97 Å². The van der Waals surface area contributed by atoms with Gasteiger partial charge in [0.1, 0.15) is 24.4 Å². The van der Waals surface area contributed by atoms with Gasteiger partial charge in [-0.05, 0) is 19.3 Å². The Hall–Kier alpha value is -0.770. The van der Waals surface area contributed by atoms with Crippen LogP contribution in [0.4, 0.5) is 0 Å². The van der Waals surface area contributed by atoms with Crippen LogP contribution in [0.25, 0.3) is 0 Å². The molecule has 1 saturated heterocycles. The summed E-state index contributed by atoms with van der Waals surface area (Å²) in [4.78, 5) is 11.5. The summed E-state index contributed by atoms with van der Waals surface area (Å²) in [6, 6.07) is 0. The number of unbranched alkanes of at least 4 members (excludes halogenated alkanes) is 9. The molecule has 0 aromatic heterocycles. The third kappa shape index (κ3) is 11.5. The zero-order valence-corrected chi connectivity index (χ0v) is 20.8. The van der Waals surface area contributed by atoms with Crippen molar-refractivity contribution in [2.75, 3.05) is 6.61 Å². The third-order valence-corrected chi connectivity index (χ3v) is 6.62. The first kappa shape index (κ1) is 30.3. The Labute approximate surface area is 199 Å². The first-order valence-corrected chi connectivity index (χ1v) is 12.9. The van der Waals surface area contributed by atoms with Crippen molar-refractivity contribution in [3.8, 4) is 0 Å². The first-order chi connectivity index (χ1) is 15.7. The maximum atomic E-state index is 11.5. The summed E-state index contributed by atoms with van der Waals surface area (Å²) < 4.78 is 11.1. The maximum absolute atomic E-state index is 11.5. The lowest BCUT2D eigenvalue weighted by atomic mass is 9.96. The molecule has 0 spiro atoms. The van der Waals surface area contributed by atoms with Crippen LogP contribution in [0.3, 0.4) is 0 Å². The lowest BCUT2D eigenvalue weighted by Gasteiger charge is -2.41. The summed E-state index contributed by atoms with van der Waals surface area (Å²) in [5, 5.41) is 48.8. The van der Waals surface area contributed by atoms with E-state index in [1.807, 2.05) is 0 Å². The Balaban J connectivity index is 2.31. The van der Waals surface area contributed by atoms with Crippen LogP contribution in [0, 0.1) is 11.8 Å². The molecule has 33 heavy (non-hydrogen) atoms. The van der Waals surface area contributed by atoms with Crippen LogP contribution in [0.2, 0.25) is 0 Å². The summed E-state index contributed by atoms with van der Waals surface area (Å²) in [7, 11) is 0. The number of aliphatic carboxylic acids is 1. The molecular weight excluding hydrogens is 428 g/mol. The minimum Gasteiger partial charge on any atom is -0.481 e. The van der Waals surface area contributed by atoms with Crippen LogP contribution < -0.4 is 0 Å². The fourth-order valence-electron chi connectivity index (χ4n) is 4.26. The van der Waals surface area contributed by atoms with Gasteiger partial charge in [0, 0.05) is 0 Å². The Morgan fingerprint density at radius 3 is 1.73 bits per heavy atom. The van der Waals surface area contributed by atoms with Crippen molar-refractivity contribution in [1.29, 1.82) is 0 Å². The van der Waals surface area contributed by atoms with Crippen molar-refractivity contribution in [2.45, 2.75) is 135 Å². The topological polar surface area (TPSA) is 137 Å². The van der Waals surface area contributed by atoms with Crippen molar-refractivity contribution in [3.63, 3.8) is 0 Å². The van der Waals surface area contributed by atoms with E-state index in [0.29, 0.717) is 6.42 Å². The standard InChI is InChI=1S/C25H48O8/c1-17(2)14-12-10-8-6-4-5-7-9-11-13-15-19(18(3)24(30)31)32-25-23(29)22(28)21(27)20(16-26)33-25/h17-23,25-29H,4-16H2,1-3H3,(H,30,31)/t18-,19-,20-,21-,22+,23-,25-/m1/s1. The van der Waals surface area contributed by atoms with E-state index in [1.54, 1.807) is 0 Å². The molecule has 5 N–H and O–H groups in total. The van der Waals surface area contributed by atoms with Crippen LogP contribution >= 0.6 is 0 Å². The Kier molecular flexibility index (Phi) is 15.4.